The molecule has 1 atom stereocenters. The second kappa shape index (κ2) is 5.86. The van der Waals surface area contributed by atoms with E-state index in [2.05, 4.69) is 24.4 Å². The maximum atomic E-state index is 5.98. The molecule has 5 N–H and O–H groups in total. The van der Waals surface area contributed by atoms with E-state index in [0.717, 1.165) is 16.9 Å². The average Bonchev–Trinajstić information content (AvgIpc) is 2.86. The first kappa shape index (κ1) is 13.6. The molecule has 2 rings (SSSR count). The number of nitrogens with one attached hydrogen (secondary N) is 1. The molecule has 0 aliphatic carbocycles. The van der Waals surface area contributed by atoms with Gasteiger partial charge in [-0.2, -0.15) is 5.10 Å². The molecule has 19 heavy (non-hydrogen) atoms. The van der Waals surface area contributed by atoms with Gasteiger partial charge >= 0.3 is 0 Å². The van der Waals surface area contributed by atoms with Crippen LogP contribution in [0.4, 0.5) is 5.69 Å². The maximum absolute atomic E-state index is 5.98. The minimum atomic E-state index is -0.0308. The predicted octanol–water partition coefficient (Wildman–Crippen LogP) is 1.79. The number of nitrogens with two attached hydrogens (primary N) is 2. The summed E-state index contributed by atoms with van der Waals surface area (Å²) in [4.78, 5) is 0. The summed E-state index contributed by atoms with van der Waals surface area (Å²) in [6.45, 7) is 4.20. The first-order valence-corrected chi connectivity index (χ1v) is 6.46. The van der Waals surface area contributed by atoms with E-state index in [9.17, 15) is 0 Å². The normalized spacial score (nSPS) is 12.8. The van der Waals surface area contributed by atoms with Gasteiger partial charge in [0, 0.05) is 24.3 Å². The molecule has 0 fully saturated rings. The number of hydrogen-bond acceptors (Lipinski definition) is 4. The van der Waals surface area contributed by atoms with Crippen molar-refractivity contribution in [1.82, 2.24) is 15.2 Å². The zero-order valence-electron chi connectivity index (χ0n) is 11.4. The van der Waals surface area contributed by atoms with E-state index in [1.165, 1.54) is 0 Å². The van der Waals surface area contributed by atoms with Crippen LogP contribution in [0.2, 0.25) is 0 Å². The molecule has 5 heteroatoms. The maximum Gasteiger partial charge on any atom is 0.0644 e. The molecule has 1 unspecified atom stereocenters. The van der Waals surface area contributed by atoms with Gasteiger partial charge in [0.1, 0.15) is 0 Å². The lowest BCUT2D eigenvalue weighted by molar-refractivity contribution is 0.507. The monoisotopic (exact) mass is 259 g/mol. The summed E-state index contributed by atoms with van der Waals surface area (Å²) in [6, 6.07) is 10.1. The van der Waals surface area contributed by atoms with Gasteiger partial charge in [-0.1, -0.05) is 18.2 Å². The summed E-state index contributed by atoms with van der Waals surface area (Å²) < 4.78 is 1.94. The summed E-state index contributed by atoms with van der Waals surface area (Å²) in [7, 11) is 0. The number of nitrogens with zero attached hydrogens (tertiary/aromatic N) is 2. The lowest BCUT2D eigenvalue weighted by Crippen LogP contribution is -2.30. The summed E-state index contributed by atoms with van der Waals surface area (Å²) >= 11 is 0. The van der Waals surface area contributed by atoms with Crippen molar-refractivity contribution in [3.63, 3.8) is 0 Å². The molecule has 1 heterocycles. The first-order valence-electron chi connectivity index (χ1n) is 6.46. The number of aromatic nitrogens is 2. The Kier molecular flexibility index (Phi) is 4.19. The van der Waals surface area contributed by atoms with E-state index in [1.807, 2.05) is 41.2 Å². The standard InChI is InChI=1S/C14H21N5/c1-10(2)19-8-7-11(18-19)9-14(17-16)12-5-3-4-6-13(12)15/h3-8,10,14,17H,9,15-16H2,1-2H3. The van der Waals surface area contributed by atoms with Crippen molar-refractivity contribution >= 4 is 5.69 Å². The van der Waals surface area contributed by atoms with Crippen molar-refractivity contribution in [3.05, 3.63) is 47.8 Å². The van der Waals surface area contributed by atoms with Gasteiger partial charge in [0.2, 0.25) is 0 Å². The Bertz CT molecular complexity index is 532. The number of anilines is 1. The zero-order valence-corrected chi connectivity index (χ0v) is 11.4. The molecular formula is C14H21N5. The van der Waals surface area contributed by atoms with Crippen molar-refractivity contribution in [3.8, 4) is 0 Å². The lowest BCUT2D eigenvalue weighted by Gasteiger charge is -2.17. The third kappa shape index (κ3) is 3.13. The van der Waals surface area contributed by atoms with Gasteiger partial charge < -0.3 is 5.73 Å². The first-order chi connectivity index (χ1) is 9.11. The van der Waals surface area contributed by atoms with Crippen LogP contribution in [0.3, 0.4) is 0 Å². The molecule has 0 radical (unpaired) electrons. The number of benzene rings is 1. The van der Waals surface area contributed by atoms with Crippen molar-refractivity contribution in [2.24, 2.45) is 5.84 Å². The largest absolute Gasteiger partial charge is 0.398 e. The van der Waals surface area contributed by atoms with E-state index in [1.54, 1.807) is 0 Å². The smallest absolute Gasteiger partial charge is 0.0644 e. The summed E-state index contributed by atoms with van der Waals surface area (Å²) in [5.41, 5.74) is 11.5. The minimum absolute atomic E-state index is 0.0308. The number of hydrazine groups is 1. The number of hydrogen-bond donors (Lipinski definition) is 3. The molecule has 0 amide bonds. The van der Waals surface area contributed by atoms with E-state index in [0.29, 0.717) is 12.5 Å². The van der Waals surface area contributed by atoms with Crippen LogP contribution < -0.4 is 17.0 Å². The average molecular weight is 259 g/mol. The third-order valence-corrected chi connectivity index (χ3v) is 3.18. The van der Waals surface area contributed by atoms with Crippen LogP contribution in [0, 0.1) is 0 Å². The van der Waals surface area contributed by atoms with Crippen LogP contribution in [0.15, 0.2) is 36.5 Å². The second-order valence-electron chi connectivity index (χ2n) is 4.93. The molecule has 0 spiro atoms. The Morgan fingerprint density at radius 2 is 2.00 bits per heavy atom. The fourth-order valence-electron chi connectivity index (χ4n) is 2.07. The molecular weight excluding hydrogens is 238 g/mol. The number of nitrogen functional groups attached to an aromatic ring is 1. The van der Waals surface area contributed by atoms with Crippen molar-refractivity contribution in [2.75, 3.05) is 5.73 Å². The van der Waals surface area contributed by atoms with Crippen LogP contribution in [0.5, 0.6) is 0 Å². The zero-order chi connectivity index (χ0) is 13.8. The third-order valence-electron chi connectivity index (χ3n) is 3.18. The molecule has 2 aromatic rings. The number of rotatable bonds is 5. The van der Waals surface area contributed by atoms with Crippen LogP contribution >= 0.6 is 0 Å². The van der Waals surface area contributed by atoms with Crippen LogP contribution in [0.1, 0.15) is 37.2 Å². The minimum Gasteiger partial charge on any atom is -0.398 e. The second-order valence-corrected chi connectivity index (χ2v) is 4.93. The Balaban J connectivity index is 2.17. The van der Waals surface area contributed by atoms with Gasteiger partial charge in [0.15, 0.2) is 0 Å². The molecule has 1 aromatic carbocycles. The fourth-order valence-corrected chi connectivity index (χ4v) is 2.07. The highest BCUT2D eigenvalue weighted by atomic mass is 15.3. The van der Waals surface area contributed by atoms with Crippen molar-refractivity contribution in [1.29, 1.82) is 0 Å². The topological polar surface area (TPSA) is 81.9 Å². The summed E-state index contributed by atoms with van der Waals surface area (Å²) in [6.07, 6.45) is 2.70. The van der Waals surface area contributed by atoms with Gasteiger partial charge in [-0.25, -0.2) is 0 Å². The van der Waals surface area contributed by atoms with Gasteiger partial charge in [-0.3, -0.25) is 16.0 Å². The SMILES string of the molecule is CC(C)n1ccc(CC(NN)c2ccccc2N)n1. The highest BCUT2D eigenvalue weighted by Crippen LogP contribution is 2.22. The molecule has 102 valence electrons. The van der Waals surface area contributed by atoms with Gasteiger partial charge in [-0.15, -0.1) is 0 Å². The molecule has 0 saturated heterocycles. The Morgan fingerprint density at radius 3 is 2.58 bits per heavy atom. The Morgan fingerprint density at radius 1 is 1.26 bits per heavy atom. The highest BCUT2D eigenvalue weighted by molar-refractivity contribution is 5.48. The molecule has 1 aromatic heterocycles. The molecule has 0 aliphatic rings. The predicted molar refractivity (Wildman–Crippen MR) is 77.2 cm³/mol. The Hall–Kier alpha value is -1.85. The van der Waals surface area contributed by atoms with Gasteiger partial charge in [0.25, 0.3) is 0 Å². The van der Waals surface area contributed by atoms with Crippen LogP contribution in [-0.2, 0) is 6.42 Å². The summed E-state index contributed by atoms with van der Waals surface area (Å²) in [5, 5.41) is 4.53. The van der Waals surface area contributed by atoms with Crippen LogP contribution in [-0.4, -0.2) is 9.78 Å². The molecule has 0 bridgehead atoms. The summed E-state index contributed by atoms with van der Waals surface area (Å²) in [5.74, 6) is 5.65. The quantitative estimate of drug-likeness (QED) is 0.434. The van der Waals surface area contributed by atoms with E-state index < -0.39 is 0 Å². The van der Waals surface area contributed by atoms with Gasteiger partial charge in [0.05, 0.1) is 11.7 Å². The van der Waals surface area contributed by atoms with Crippen LogP contribution in [0.25, 0.3) is 0 Å². The molecule has 0 saturated carbocycles. The highest BCUT2D eigenvalue weighted by Gasteiger charge is 2.15. The van der Waals surface area contributed by atoms with E-state index >= 15 is 0 Å². The van der Waals surface area contributed by atoms with Crippen molar-refractivity contribution < 1.29 is 0 Å². The fraction of sp³-hybridized carbons (Fsp3) is 0.357. The molecule has 0 aliphatic heterocycles. The van der Waals surface area contributed by atoms with Gasteiger partial charge in [-0.05, 0) is 31.5 Å². The molecule has 5 nitrogen and oxygen atoms in total. The van der Waals surface area contributed by atoms with Crippen molar-refractivity contribution in [2.45, 2.75) is 32.4 Å². The lowest BCUT2D eigenvalue weighted by atomic mass is 10.0. The van der Waals surface area contributed by atoms with E-state index in [-0.39, 0.29) is 6.04 Å². The van der Waals surface area contributed by atoms with E-state index in [4.69, 9.17) is 11.6 Å². The number of para-hydroxylation sites is 1. The Labute approximate surface area is 113 Å².